The van der Waals surface area contributed by atoms with Gasteiger partial charge in [-0.1, -0.05) is 20.8 Å². The van der Waals surface area contributed by atoms with Crippen LogP contribution in [0.2, 0.25) is 0 Å². The molecule has 1 saturated heterocycles. The van der Waals surface area contributed by atoms with E-state index in [0.717, 1.165) is 25.8 Å². The Morgan fingerprint density at radius 2 is 1.96 bits per heavy atom. The predicted octanol–water partition coefficient (Wildman–Crippen LogP) is 2.17. The van der Waals surface area contributed by atoms with Gasteiger partial charge in [0.1, 0.15) is 0 Å². The number of hydrogen-bond donors (Lipinski definition) is 2. The number of piperidine rings is 1. The van der Waals surface area contributed by atoms with E-state index in [0.29, 0.717) is 19.0 Å². The van der Waals surface area contributed by atoms with Crippen molar-refractivity contribution in [1.82, 2.24) is 14.9 Å². The summed E-state index contributed by atoms with van der Waals surface area (Å²) in [5.41, 5.74) is 0.467. The van der Waals surface area contributed by atoms with Crippen molar-refractivity contribution in [2.45, 2.75) is 58.9 Å². The van der Waals surface area contributed by atoms with E-state index in [4.69, 9.17) is 0 Å². The molecule has 2 saturated carbocycles. The number of hydrogen-bond acceptors (Lipinski definition) is 3. The minimum Gasteiger partial charge on any atom is -0.335 e. The van der Waals surface area contributed by atoms with Crippen molar-refractivity contribution in [2.75, 3.05) is 25.9 Å². The minimum atomic E-state index is -3.18. The highest BCUT2D eigenvalue weighted by molar-refractivity contribution is 7.88. The van der Waals surface area contributed by atoms with Gasteiger partial charge in [-0.2, -0.15) is 0 Å². The smallest absolute Gasteiger partial charge is 0.317 e. The van der Waals surface area contributed by atoms with E-state index in [2.05, 4.69) is 30.8 Å². The van der Waals surface area contributed by atoms with E-state index in [1.54, 1.807) is 0 Å². The van der Waals surface area contributed by atoms with Crippen molar-refractivity contribution in [1.29, 1.82) is 0 Å². The van der Waals surface area contributed by atoms with Gasteiger partial charge in [0.15, 0.2) is 0 Å². The van der Waals surface area contributed by atoms with Gasteiger partial charge >= 0.3 is 6.03 Å². The average Bonchev–Trinajstić information content (AvgIpc) is 2.86. The first-order chi connectivity index (χ1) is 11.5. The van der Waals surface area contributed by atoms with E-state index in [9.17, 15) is 13.2 Å². The summed E-state index contributed by atoms with van der Waals surface area (Å²) in [6.07, 6.45) is 6.62. The fraction of sp³-hybridized carbons (Fsp3) is 0.944. The van der Waals surface area contributed by atoms with Gasteiger partial charge in [0.25, 0.3) is 0 Å². The van der Waals surface area contributed by atoms with Crippen LogP contribution in [0, 0.1) is 22.7 Å². The molecule has 1 heterocycles. The average molecular weight is 372 g/mol. The molecular formula is C18H33N3O3S. The number of carbonyl (C=O) groups excluding carboxylic acids is 1. The van der Waals surface area contributed by atoms with Gasteiger partial charge in [0.2, 0.25) is 10.0 Å². The number of rotatable bonds is 4. The van der Waals surface area contributed by atoms with Crippen LogP contribution in [0.1, 0.15) is 52.9 Å². The Labute approximate surface area is 152 Å². The van der Waals surface area contributed by atoms with Gasteiger partial charge in [-0.15, -0.1) is 0 Å². The molecule has 2 bridgehead atoms. The van der Waals surface area contributed by atoms with Crippen molar-refractivity contribution in [3.63, 3.8) is 0 Å². The molecule has 2 amide bonds. The van der Waals surface area contributed by atoms with Crippen LogP contribution in [0.3, 0.4) is 0 Å². The molecule has 3 fully saturated rings. The van der Waals surface area contributed by atoms with Crippen molar-refractivity contribution in [2.24, 2.45) is 22.7 Å². The molecule has 4 atom stereocenters. The second-order valence-electron chi connectivity index (χ2n) is 9.19. The monoisotopic (exact) mass is 371 g/mol. The zero-order chi connectivity index (χ0) is 18.5. The fourth-order valence-electron chi connectivity index (χ4n) is 5.35. The van der Waals surface area contributed by atoms with Crippen LogP contribution in [0.5, 0.6) is 0 Å². The Morgan fingerprint density at radius 1 is 1.24 bits per heavy atom. The Morgan fingerprint density at radius 3 is 2.52 bits per heavy atom. The molecule has 0 aromatic carbocycles. The first kappa shape index (κ1) is 19.0. The van der Waals surface area contributed by atoms with Crippen LogP contribution < -0.4 is 10.0 Å². The van der Waals surface area contributed by atoms with Gasteiger partial charge in [0, 0.05) is 25.7 Å². The van der Waals surface area contributed by atoms with Crippen LogP contribution >= 0.6 is 0 Å². The molecule has 0 radical (unpaired) electrons. The maximum atomic E-state index is 12.8. The van der Waals surface area contributed by atoms with Crippen LogP contribution in [-0.4, -0.2) is 51.3 Å². The molecule has 3 rings (SSSR count). The van der Waals surface area contributed by atoms with Crippen molar-refractivity contribution in [3.8, 4) is 0 Å². The summed E-state index contributed by atoms with van der Waals surface area (Å²) in [5.74, 6) is 0.900. The van der Waals surface area contributed by atoms with E-state index in [1.165, 1.54) is 19.1 Å². The molecule has 1 aliphatic heterocycles. The Bertz CT molecular complexity index is 633. The van der Waals surface area contributed by atoms with Gasteiger partial charge in [-0.05, 0) is 54.8 Å². The molecule has 0 spiro atoms. The number of urea groups is 1. The SMILES string of the molecule is CC1(C)[C@H]2CC[C@@]1(C)[C@@H](NC(=O)N1CCC[C@@H](CNS(C)(=O)=O)C1)C2. The third-order valence-electron chi connectivity index (χ3n) is 7.53. The number of nitrogens with zero attached hydrogens (tertiary/aromatic N) is 1. The van der Waals surface area contributed by atoms with E-state index in [1.807, 2.05) is 4.90 Å². The number of carbonyl (C=O) groups is 1. The Kier molecular flexibility index (Phi) is 4.86. The largest absolute Gasteiger partial charge is 0.335 e. The summed E-state index contributed by atoms with van der Waals surface area (Å²) in [6.45, 7) is 8.84. The quantitative estimate of drug-likeness (QED) is 0.795. The Hall–Kier alpha value is -0.820. The van der Waals surface area contributed by atoms with Crippen molar-refractivity contribution in [3.05, 3.63) is 0 Å². The van der Waals surface area contributed by atoms with E-state index >= 15 is 0 Å². The highest BCUT2D eigenvalue weighted by Crippen LogP contribution is 2.65. The molecule has 2 aliphatic carbocycles. The maximum absolute atomic E-state index is 12.8. The summed E-state index contributed by atoms with van der Waals surface area (Å²) < 4.78 is 25.1. The number of likely N-dealkylation sites (tertiary alicyclic amines) is 1. The molecule has 0 unspecified atom stereocenters. The molecule has 6 nitrogen and oxygen atoms in total. The number of amides is 2. The molecule has 2 N–H and O–H groups in total. The van der Waals surface area contributed by atoms with Crippen molar-refractivity contribution >= 4 is 16.1 Å². The summed E-state index contributed by atoms with van der Waals surface area (Å²) in [4.78, 5) is 14.7. The van der Waals surface area contributed by atoms with E-state index < -0.39 is 10.0 Å². The molecule has 144 valence electrons. The Balaban J connectivity index is 1.57. The summed E-state index contributed by atoms with van der Waals surface area (Å²) in [6, 6.07) is 0.280. The van der Waals surface area contributed by atoms with Gasteiger partial charge in [-0.25, -0.2) is 17.9 Å². The number of nitrogens with one attached hydrogen (secondary N) is 2. The second kappa shape index (κ2) is 6.41. The summed E-state index contributed by atoms with van der Waals surface area (Å²) in [7, 11) is -3.18. The highest BCUT2D eigenvalue weighted by Gasteiger charge is 2.61. The molecule has 0 aromatic rings. The second-order valence-corrected chi connectivity index (χ2v) is 11.0. The fourth-order valence-corrected chi connectivity index (χ4v) is 5.89. The molecule has 25 heavy (non-hydrogen) atoms. The minimum absolute atomic E-state index is 0.0265. The van der Waals surface area contributed by atoms with Gasteiger partial charge in [-0.3, -0.25) is 0 Å². The zero-order valence-corrected chi connectivity index (χ0v) is 16.8. The number of fused-ring (bicyclic) bond motifs is 2. The standard InChI is InChI=1S/C18H33N3O3S/c1-17(2)14-7-8-18(17,3)15(10-14)20-16(22)21-9-5-6-13(12-21)11-19-25(4,23)24/h13-15,19H,5-12H2,1-4H3,(H,20,22)/t13-,14-,15-,18-/m0/s1. The van der Waals surface area contributed by atoms with Crippen LogP contribution in [-0.2, 0) is 10.0 Å². The molecular weight excluding hydrogens is 338 g/mol. The lowest BCUT2D eigenvalue weighted by atomic mass is 9.69. The molecule has 7 heteroatoms. The zero-order valence-electron chi connectivity index (χ0n) is 16.0. The lowest BCUT2D eigenvalue weighted by Crippen LogP contribution is -2.53. The third-order valence-corrected chi connectivity index (χ3v) is 8.22. The molecule has 3 aliphatic rings. The molecule has 0 aromatic heterocycles. The normalized spacial score (nSPS) is 37.3. The lowest BCUT2D eigenvalue weighted by Gasteiger charge is -2.41. The van der Waals surface area contributed by atoms with Crippen LogP contribution in [0.15, 0.2) is 0 Å². The maximum Gasteiger partial charge on any atom is 0.317 e. The van der Waals surface area contributed by atoms with Crippen molar-refractivity contribution < 1.29 is 13.2 Å². The van der Waals surface area contributed by atoms with Crippen LogP contribution in [0.4, 0.5) is 4.79 Å². The lowest BCUT2D eigenvalue weighted by molar-refractivity contribution is 0.112. The van der Waals surface area contributed by atoms with E-state index in [-0.39, 0.29) is 28.8 Å². The van der Waals surface area contributed by atoms with Crippen LogP contribution in [0.25, 0.3) is 0 Å². The first-order valence-corrected chi connectivity index (χ1v) is 11.4. The van der Waals surface area contributed by atoms with Gasteiger partial charge < -0.3 is 10.2 Å². The predicted molar refractivity (Wildman–Crippen MR) is 98.7 cm³/mol. The van der Waals surface area contributed by atoms with Gasteiger partial charge in [0.05, 0.1) is 6.26 Å². The summed E-state index contributed by atoms with van der Waals surface area (Å²) in [5, 5.41) is 3.32. The topological polar surface area (TPSA) is 78.5 Å². The first-order valence-electron chi connectivity index (χ1n) is 9.53. The highest BCUT2D eigenvalue weighted by atomic mass is 32.2. The summed E-state index contributed by atoms with van der Waals surface area (Å²) >= 11 is 0. The third kappa shape index (κ3) is 3.54. The number of sulfonamides is 1.